The quantitative estimate of drug-likeness (QED) is 0.587. The fourth-order valence-electron chi connectivity index (χ4n) is 3.07. The third-order valence-corrected chi connectivity index (χ3v) is 6.33. The van der Waals surface area contributed by atoms with Crippen LogP contribution >= 0.6 is 0 Å². The maximum atomic E-state index is 14.3. The molecule has 7 nitrogen and oxygen atoms in total. The summed E-state index contributed by atoms with van der Waals surface area (Å²) in [6.45, 7) is 4.62. The molecular weight excluding hydrogens is 433 g/mol. The highest BCUT2D eigenvalue weighted by atomic mass is 32.2. The molecule has 0 saturated carbocycles. The second-order valence-corrected chi connectivity index (χ2v) is 9.62. The summed E-state index contributed by atoms with van der Waals surface area (Å²) in [5, 5.41) is 2.82. The number of rotatable bonds is 10. The standard InChI is InChI=1S/C23H30FN3O4S/c1-5-17(2)25-23(29)18(3)26(15-19-11-9-10-14-21(19)24)22(28)16-27(32(4,30)31)20-12-7-6-8-13-20/h6-14,17-18H,5,15-16H2,1-4H3,(H,25,29)/t17-,18+/m1/s1. The zero-order valence-electron chi connectivity index (χ0n) is 18.8. The van der Waals surface area contributed by atoms with E-state index >= 15 is 0 Å². The summed E-state index contributed by atoms with van der Waals surface area (Å²) in [7, 11) is -3.79. The first-order chi connectivity index (χ1) is 15.0. The van der Waals surface area contributed by atoms with Gasteiger partial charge in [-0.3, -0.25) is 13.9 Å². The van der Waals surface area contributed by atoms with E-state index in [1.807, 2.05) is 13.8 Å². The highest BCUT2D eigenvalue weighted by molar-refractivity contribution is 7.92. The molecule has 2 amide bonds. The number of halogens is 1. The van der Waals surface area contributed by atoms with Gasteiger partial charge in [-0.1, -0.05) is 43.3 Å². The molecule has 0 aliphatic carbocycles. The number of nitrogens with zero attached hydrogens (tertiary/aromatic N) is 2. The minimum absolute atomic E-state index is 0.104. The van der Waals surface area contributed by atoms with Gasteiger partial charge in [0.05, 0.1) is 11.9 Å². The summed E-state index contributed by atoms with van der Waals surface area (Å²) >= 11 is 0. The first-order valence-corrected chi connectivity index (χ1v) is 12.3. The number of carbonyl (C=O) groups excluding carboxylic acids is 2. The van der Waals surface area contributed by atoms with Crippen molar-refractivity contribution in [2.75, 3.05) is 17.1 Å². The number of benzene rings is 2. The highest BCUT2D eigenvalue weighted by Crippen LogP contribution is 2.19. The monoisotopic (exact) mass is 463 g/mol. The van der Waals surface area contributed by atoms with Gasteiger partial charge in [0.25, 0.3) is 0 Å². The van der Waals surface area contributed by atoms with Crippen LogP contribution in [-0.4, -0.2) is 50.0 Å². The van der Waals surface area contributed by atoms with Crippen molar-refractivity contribution in [2.24, 2.45) is 0 Å². The van der Waals surface area contributed by atoms with Gasteiger partial charge in [0, 0.05) is 18.2 Å². The summed E-state index contributed by atoms with van der Waals surface area (Å²) in [6.07, 6.45) is 1.71. The Kier molecular flexibility index (Phi) is 8.77. The molecule has 0 heterocycles. The molecule has 1 N–H and O–H groups in total. The van der Waals surface area contributed by atoms with Crippen LogP contribution in [0.1, 0.15) is 32.8 Å². The Morgan fingerprint density at radius 1 is 1.03 bits per heavy atom. The summed E-state index contributed by atoms with van der Waals surface area (Å²) in [4.78, 5) is 27.3. The largest absolute Gasteiger partial charge is 0.352 e. The molecule has 0 aromatic heterocycles. The molecule has 0 saturated heterocycles. The van der Waals surface area contributed by atoms with E-state index in [-0.39, 0.29) is 18.2 Å². The van der Waals surface area contributed by atoms with E-state index in [9.17, 15) is 22.4 Å². The predicted molar refractivity (Wildman–Crippen MR) is 123 cm³/mol. The fraction of sp³-hybridized carbons (Fsp3) is 0.391. The Morgan fingerprint density at radius 3 is 2.19 bits per heavy atom. The van der Waals surface area contributed by atoms with E-state index in [1.165, 1.54) is 23.1 Å². The minimum atomic E-state index is -3.79. The molecule has 9 heteroatoms. The molecule has 32 heavy (non-hydrogen) atoms. The lowest BCUT2D eigenvalue weighted by Crippen LogP contribution is -2.52. The van der Waals surface area contributed by atoms with Gasteiger partial charge < -0.3 is 10.2 Å². The van der Waals surface area contributed by atoms with Crippen LogP contribution in [0.3, 0.4) is 0 Å². The van der Waals surface area contributed by atoms with Crippen molar-refractivity contribution in [2.45, 2.75) is 45.8 Å². The van der Waals surface area contributed by atoms with Crippen LogP contribution in [0, 0.1) is 5.82 Å². The smallest absolute Gasteiger partial charge is 0.244 e. The van der Waals surface area contributed by atoms with Gasteiger partial charge in [0.15, 0.2) is 0 Å². The molecule has 0 spiro atoms. The number of carbonyl (C=O) groups is 2. The molecule has 0 radical (unpaired) electrons. The maximum absolute atomic E-state index is 14.3. The van der Waals surface area contributed by atoms with Crippen LogP contribution in [0.2, 0.25) is 0 Å². The number of hydrogen-bond acceptors (Lipinski definition) is 4. The Bertz CT molecular complexity index is 1030. The van der Waals surface area contributed by atoms with Crippen LogP contribution in [0.5, 0.6) is 0 Å². The number of hydrogen-bond donors (Lipinski definition) is 1. The van der Waals surface area contributed by atoms with Gasteiger partial charge in [-0.2, -0.15) is 0 Å². The molecule has 0 bridgehead atoms. The number of amides is 2. The van der Waals surface area contributed by atoms with Gasteiger partial charge >= 0.3 is 0 Å². The van der Waals surface area contributed by atoms with Crippen molar-refractivity contribution < 1.29 is 22.4 Å². The van der Waals surface area contributed by atoms with Crippen LogP contribution in [0.4, 0.5) is 10.1 Å². The maximum Gasteiger partial charge on any atom is 0.244 e. The lowest BCUT2D eigenvalue weighted by molar-refractivity contribution is -0.139. The lowest BCUT2D eigenvalue weighted by Gasteiger charge is -2.32. The zero-order valence-corrected chi connectivity index (χ0v) is 19.6. The Balaban J connectivity index is 2.37. The van der Waals surface area contributed by atoms with Gasteiger partial charge in [-0.05, 0) is 38.5 Å². The molecule has 2 aromatic carbocycles. The second kappa shape index (κ2) is 11.1. The van der Waals surface area contributed by atoms with Crippen LogP contribution < -0.4 is 9.62 Å². The molecule has 0 aliphatic heterocycles. The Morgan fingerprint density at radius 2 is 1.62 bits per heavy atom. The molecular formula is C23H30FN3O4S. The normalized spacial score (nSPS) is 13.2. The summed E-state index contributed by atoms with van der Waals surface area (Å²) < 4.78 is 40.1. The van der Waals surface area contributed by atoms with Gasteiger partial charge in [0.2, 0.25) is 21.8 Å². The predicted octanol–water partition coefficient (Wildman–Crippen LogP) is 2.92. The Labute approximate surface area is 189 Å². The van der Waals surface area contributed by atoms with Gasteiger partial charge in [-0.15, -0.1) is 0 Å². The van der Waals surface area contributed by atoms with Crippen LogP contribution in [-0.2, 0) is 26.2 Å². The van der Waals surface area contributed by atoms with Gasteiger partial charge in [-0.25, -0.2) is 12.8 Å². The molecule has 2 aromatic rings. The molecule has 2 rings (SSSR count). The lowest BCUT2D eigenvalue weighted by atomic mass is 10.1. The third-order valence-electron chi connectivity index (χ3n) is 5.19. The van der Waals surface area contributed by atoms with Crippen LogP contribution in [0.25, 0.3) is 0 Å². The van der Waals surface area contributed by atoms with E-state index in [2.05, 4.69) is 5.32 Å². The van der Waals surface area contributed by atoms with Gasteiger partial charge in [0.1, 0.15) is 18.4 Å². The van der Waals surface area contributed by atoms with Crippen molar-refractivity contribution in [1.29, 1.82) is 0 Å². The average molecular weight is 464 g/mol. The van der Waals surface area contributed by atoms with E-state index < -0.39 is 40.2 Å². The van der Waals surface area contributed by atoms with Crippen molar-refractivity contribution in [3.05, 3.63) is 66.0 Å². The van der Waals surface area contributed by atoms with Crippen molar-refractivity contribution in [1.82, 2.24) is 10.2 Å². The SMILES string of the molecule is CC[C@@H](C)NC(=O)[C@H](C)N(Cc1ccccc1F)C(=O)CN(c1ccccc1)S(C)(=O)=O. The molecule has 2 atom stereocenters. The van der Waals surface area contributed by atoms with E-state index in [4.69, 9.17) is 0 Å². The number of nitrogens with one attached hydrogen (secondary N) is 1. The first kappa shape index (κ1) is 25.3. The number of anilines is 1. The number of para-hydroxylation sites is 1. The number of sulfonamides is 1. The van der Waals surface area contributed by atoms with E-state index in [0.29, 0.717) is 12.1 Å². The van der Waals surface area contributed by atoms with Crippen molar-refractivity contribution >= 4 is 27.5 Å². The summed E-state index contributed by atoms with van der Waals surface area (Å²) in [5.41, 5.74) is 0.556. The van der Waals surface area contributed by atoms with Crippen LogP contribution in [0.15, 0.2) is 54.6 Å². The summed E-state index contributed by atoms with van der Waals surface area (Å²) in [6, 6.07) is 13.1. The summed E-state index contributed by atoms with van der Waals surface area (Å²) in [5.74, 6) is -1.52. The van der Waals surface area contributed by atoms with E-state index in [0.717, 1.165) is 10.6 Å². The highest BCUT2D eigenvalue weighted by Gasteiger charge is 2.30. The zero-order chi connectivity index (χ0) is 23.9. The van der Waals surface area contributed by atoms with Crippen molar-refractivity contribution in [3.8, 4) is 0 Å². The van der Waals surface area contributed by atoms with E-state index in [1.54, 1.807) is 43.3 Å². The Hall–Kier alpha value is -2.94. The third kappa shape index (κ3) is 6.78. The molecule has 0 unspecified atom stereocenters. The minimum Gasteiger partial charge on any atom is -0.352 e. The second-order valence-electron chi connectivity index (χ2n) is 7.71. The van der Waals surface area contributed by atoms with Crippen molar-refractivity contribution in [3.63, 3.8) is 0 Å². The first-order valence-electron chi connectivity index (χ1n) is 10.4. The molecule has 0 aliphatic rings. The fourth-order valence-corrected chi connectivity index (χ4v) is 3.92. The topological polar surface area (TPSA) is 86.8 Å². The molecule has 0 fully saturated rings. The molecule has 174 valence electrons. The average Bonchev–Trinajstić information content (AvgIpc) is 2.75.